The highest BCUT2D eigenvalue weighted by Crippen LogP contribution is 2.30. The molecule has 8 nitrogen and oxygen atoms in total. The molecule has 1 heterocycles. The van der Waals surface area contributed by atoms with Gasteiger partial charge >= 0.3 is 0 Å². The average Bonchev–Trinajstić information content (AvgIpc) is 3.35. The fraction of sp³-hybridized carbons (Fsp3) is 0.269. The third kappa shape index (κ3) is 7.66. The van der Waals surface area contributed by atoms with Crippen molar-refractivity contribution >= 4 is 40.4 Å². The second-order valence-corrected chi connectivity index (χ2v) is 9.43. The minimum absolute atomic E-state index is 0.245. The van der Waals surface area contributed by atoms with Gasteiger partial charge in [0.2, 0.25) is 11.8 Å². The van der Waals surface area contributed by atoms with E-state index >= 15 is 0 Å². The van der Waals surface area contributed by atoms with E-state index in [1.54, 1.807) is 41.7 Å². The van der Waals surface area contributed by atoms with Crippen molar-refractivity contribution in [1.29, 1.82) is 0 Å². The van der Waals surface area contributed by atoms with Gasteiger partial charge in [-0.1, -0.05) is 24.3 Å². The number of likely N-dealkylation sites (N-methyl/N-ethyl adjacent to an activating group) is 1. The summed E-state index contributed by atoms with van der Waals surface area (Å²) in [5.74, 6) is -0.812. The Labute approximate surface area is 209 Å². The average molecular weight is 494 g/mol. The van der Waals surface area contributed by atoms with Crippen molar-refractivity contribution in [3.05, 3.63) is 71.1 Å². The molecule has 0 fully saturated rings. The first kappa shape index (κ1) is 25.9. The molecule has 9 heteroatoms. The van der Waals surface area contributed by atoms with E-state index in [2.05, 4.69) is 16.0 Å². The van der Waals surface area contributed by atoms with E-state index in [0.717, 1.165) is 16.0 Å². The van der Waals surface area contributed by atoms with Gasteiger partial charge in [0.15, 0.2) is 0 Å². The van der Waals surface area contributed by atoms with Gasteiger partial charge < -0.3 is 26.6 Å². The van der Waals surface area contributed by atoms with Gasteiger partial charge in [0.1, 0.15) is 6.04 Å². The number of carbonyl (C=O) groups excluding carboxylic acids is 3. The molecule has 0 radical (unpaired) electrons. The fourth-order valence-electron chi connectivity index (χ4n) is 3.46. The number of benzene rings is 2. The molecule has 1 atom stereocenters. The Kier molecular flexibility index (Phi) is 8.99. The molecule has 5 N–H and O–H groups in total. The lowest BCUT2D eigenvalue weighted by Crippen LogP contribution is -2.48. The third-order valence-electron chi connectivity index (χ3n) is 5.32. The Morgan fingerprint density at radius 3 is 2.43 bits per heavy atom. The van der Waals surface area contributed by atoms with Gasteiger partial charge in [-0.05, 0) is 60.9 Å². The Bertz CT molecular complexity index is 1160. The molecule has 1 aromatic heterocycles. The van der Waals surface area contributed by atoms with Gasteiger partial charge in [-0.3, -0.25) is 14.4 Å². The lowest BCUT2D eigenvalue weighted by molar-refractivity contribution is -0.128. The highest BCUT2D eigenvalue weighted by Gasteiger charge is 2.20. The molecule has 0 aliphatic heterocycles. The maximum absolute atomic E-state index is 12.8. The molecule has 3 aromatic rings. The SMILES string of the molecule is CC(=O)N[C@@H](Cc1ccc(C(=O)Nc2cc(-c3cccs3)ccc2N)cc1)C(=O)NCCN(C)C. The van der Waals surface area contributed by atoms with E-state index < -0.39 is 6.04 Å². The molecular formula is C26H31N5O3S. The highest BCUT2D eigenvalue weighted by molar-refractivity contribution is 7.13. The van der Waals surface area contributed by atoms with Crippen LogP contribution in [-0.2, 0) is 16.0 Å². The third-order valence-corrected chi connectivity index (χ3v) is 6.23. The van der Waals surface area contributed by atoms with E-state index in [4.69, 9.17) is 5.73 Å². The minimum Gasteiger partial charge on any atom is -0.397 e. The van der Waals surface area contributed by atoms with Crippen LogP contribution in [0.3, 0.4) is 0 Å². The summed E-state index contributed by atoms with van der Waals surface area (Å²) in [4.78, 5) is 40.1. The maximum atomic E-state index is 12.8. The smallest absolute Gasteiger partial charge is 0.255 e. The minimum atomic E-state index is -0.700. The number of thiophene rings is 1. The van der Waals surface area contributed by atoms with Crippen LogP contribution in [0.1, 0.15) is 22.8 Å². The first-order valence-electron chi connectivity index (χ1n) is 11.3. The zero-order chi connectivity index (χ0) is 25.4. The van der Waals surface area contributed by atoms with Crippen LogP contribution in [0, 0.1) is 0 Å². The molecule has 3 amide bonds. The number of nitrogen functional groups attached to an aromatic ring is 1. The van der Waals surface area contributed by atoms with Crippen LogP contribution < -0.4 is 21.7 Å². The van der Waals surface area contributed by atoms with Crippen LogP contribution in [0.4, 0.5) is 11.4 Å². The zero-order valence-electron chi connectivity index (χ0n) is 20.1. The molecule has 35 heavy (non-hydrogen) atoms. The molecule has 0 saturated carbocycles. The van der Waals surface area contributed by atoms with Crippen LogP contribution in [0.25, 0.3) is 10.4 Å². The Morgan fingerprint density at radius 2 is 1.80 bits per heavy atom. The molecule has 0 aliphatic rings. The number of rotatable bonds is 10. The van der Waals surface area contributed by atoms with Crippen molar-refractivity contribution in [2.45, 2.75) is 19.4 Å². The van der Waals surface area contributed by atoms with Crippen LogP contribution in [0.5, 0.6) is 0 Å². The summed E-state index contributed by atoms with van der Waals surface area (Å²) in [5, 5.41) is 10.4. The van der Waals surface area contributed by atoms with Crippen molar-refractivity contribution in [2.24, 2.45) is 0 Å². The van der Waals surface area contributed by atoms with Gasteiger partial charge in [0.25, 0.3) is 5.91 Å². The van der Waals surface area contributed by atoms with E-state index in [9.17, 15) is 14.4 Å². The second-order valence-electron chi connectivity index (χ2n) is 8.48. The molecule has 0 spiro atoms. The second kappa shape index (κ2) is 12.1. The molecule has 0 bridgehead atoms. The zero-order valence-corrected chi connectivity index (χ0v) is 20.9. The number of carbonyl (C=O) groups is 3. The van der Waals surface area contributed by atoms with Gasteiger partial charge in [-0.2, -0.15) is 0 Å². The Balaban J connectivity index is 1.66. The summed E-state index contributed by atoms with van der Waals surface area (Å²) in [7, 11) is 3.84. The number of nitrogens with two attached hydrogens (primary N) is 1. The maximum Gasteiger partial charge on any atom is 0.255 e. The topological polar surface area (TPSA) is 117 Å². The monoisotopic (exact) mass is 493 g/mol. The van der Waals surface area contributed by atoms with E-state index in [1.807, 2.05) is 48.6 Å². The summed E-state index contributed by atoms with van der Waals surface area (Å²) >= 11 is 1.61. The quantitative estimate of drug-likeness (QED) is 0.324. The molecule has 2 aromatic carbocycles. The van der Waals surface area contributed by atoms with Gasteiger partial charge in [0, 0.05) is 36.9 Å². The summed E-state index contributed by atoms with van der Waals surface area (Å²) in [6.45, 7) is 2.56. The standard InChI is InChI=1S/C26H31N5O3S/c1-17(32)29-23(26(34)28-12-13-31(2)3)15-18-6-8-19(9-7-18)25(33)30-22-16-20(10-11-21(22)27)24-5-4-14-35-24/h4-11,14,16,23H,12-13,15,27H2,1-3H3,(H,28,34)(H,29,32)(H,30,33)/t23-/m0/s1. The molecule has 0 aliphatic carbocycles. The number of nitrogens with zero attached hydrogens (tertiary/aromatic N) is 1. The van der Waals surface area contributed by atoms with E-state index in [1.165, 1.54) is 6.92 Å². The summed E-state index contributed by atoms with van der Waals surface area (Å²) < 4.78 is 0. The molecule has 0 saturated heterocycles. The first-order valence-corrected chi connectivity index (χ1v) is 12.1. The van der Waals surface area contributed by atoms with E-state index in [-0.39, 0.29) is 17.7 Å². The van der Waals surface area contributed by atoms with Crippen molar-refractivity contribution in [2.75, 3.05) is 38.2 Å². The molecular weight excluding hydrogens is 462 g/mol. The summed E-state index contributed by atoms with van der Waals surface area (Å²) in [5.41, 5.74) is 9.37. The Morgan fingerprint density at radius 1 is 1.06 bits per heavy atom. The van der Waals surface area contributed by atoms with Gasteiger partial charge in [-0.25, -0.2) is 0 Å². The predicted octanol–water partition coefficient (Wildman–Crippen LogP) is 2.97. The van der Waals surface area contributed by atoms with Crippen LogP contribution in [-0.4, -0.2) is 55.8 Å². The molecule has 0 unspecified atom stereocenters. The van der Waals surface area contributed by atoms with Crippen molar-refractivity contribution in [3.63, 3.8) is 0 Å². The number of nitrogens with one attached hydrogen (secondary N) is 3. The van der Waals surface area contributed by atoms with Crippen molar-refractivity contribution in [1.82, 2.24) is 15.5 Å². The van der Waals surface area contributed by atoms with Crippen LogP contribution >= 0.6 is 11.3 Å². The normalized spacial score (nSPS) is 11.7. The number of hydrogen-bond acceptors (Lipinski definition) is 6. The Hall–Kier alpha value is -3.69. The van der Waals surface area contributed by atoms with Crippen molar-refractivity contribution < 1.29 is 14.4 Å². The fourth-order valence-corrected chi connectivity index (χ4v) is 4.19. The molecule has 184 valence electrons. The van der Waals surface area contributed by atoms with Crippen molar-refractivity contribution in [3.8, 4) is 10.4 Å². The van der Waals surface area contributed by atoms with E-state index in [0.29, 0.717) is 36.4 Å². The predicted molar refractivity (Wildman–Crippen MR) is 141 cm³/mol. The number of amides is 3. The van der Waals surface area contributed by atoms with Crippen LogP contribution in [0.2, 0.25) is 0 Å². The van der Waals surface area contributed by atoms with Crippen LogP contribution in [0.15, 0.2) is 60.0 Å². The van der Waals surface area contributed by atoms with Gasteiger partial charge in [0.05, 0.1) is 11.4 Å². The number of hydrogen-bond donors (Lipinski definition) is 4. The largest absolute Gasteiger partial charge is 0.397 e. The summed E-state index contributed by atoms with van der Waals surface area (Å²) in [6.07, 6.45) is 0.311. The first-order chi connectivity index (χ1) is 16.7. The highest BCUT2D eigenvalue weighted by atomic mass is 32.1. The summed E-state index contributed by atoms with van der Waals surface area (Å²) in [6, 6.07) is 15.8. The number of anilines is 2. The lowest BCUT2D eigenvalue weighted by atomic mass is 10.0. The lowest BCUT2D eigenvalue weighted by Gasteiger charge is -2.19. The van der Waals surface area contributed by atoms with Gasteiger partial charge in [-0.15, -0.1) is 11.3 Å². The molecule has 3 rings (SSSR count).